The normalized spacial score (nSPS) is 10.4. The molecule has 0 saturated carbocycles. The molecule has 3 N–H and O–H groups in total. The Morgan fingerprint density at radius 2 is 2.32 bits per heavy atom. The van der Waals surface area contributed by atoms with E-state index in [9.17, 15) is 10.1 Å². The summed E-state index contributed by atoms with van der Waals surface area (Å²) in [6.07, 6.45) is 1.64. The molecule has 0 fully saturated rings. The van der Waals surface area contributed by atoms with Gasteiger partial charge in [-0.1, -0.05) is 0 Å². The lowest BCUT2D eigenvalue weighted by Crippen LogP contribution is -2.05. The van der Waals surface area contributed by atoms with E-state index in [4.69, 9.17) is 5.73 Å². The van der Waals surface area contributed by atoms with Crippen LogP contribution in [0.15, 0.2) is 24.4 Å². The Labute approximate surface area is 123 Å². The molecule has 1 aromatic carbocycles. The van der Waals surface area contributed by atoms with Gasteiger partial charge in [-0.05, 0) is 34.7 Å². The van der Waals surface area contributed by atoms with Gasteiger partial charge in [-0.3, -0.25) is 14.8 Å². The zero-order valence-corrected chi connectivity index (χ0v) is 12.3. The smallest absolute Gasteiger partial charge is 0.293 e. The third-order valence-corrected chi connectivity index (χ3v) is 3.36. The predicted octanol–water partition coefficient (Wildman–Crippen LogP) is 2.13. The molecule has 8 heteroatoms. The molecule has 0 radical (unpaired) electrons. The Morgan fingerprint density at radius 1 is 1.58 bits per heavy atom. The monoisotopic (exact) mass is 373 g/mol. The first-order valence-electron chi connectivity index (χ1n) is 5.43. The van der Waals surface area contributed by atoms with Crippen LogP contribution >= 0.6 is 22.6 Å². The second-order valence-electron chi connectivity index (χ2n) is 3.95. The molecule has 1 aromatic heterocycles. The Bertz CT molecular complexity index is 626. The minimum absolute atomic E-state index is 0.0503. The van der Waals surface area contributed by atoms with E-state index in [-0.39, 0.29) is 5.69 Å². The number of aromatic nitrogens is 2. The molecule has 19 heavy (non-hydrogen) atoms. The number of nitrogens with zero attached hydrogens (tertiary/aromatic N) is 3. The Hall–Kier alpha value is -1.84. The second kappa shape index (κ2) is 5.43. The number of nitro benzene ring substituents is 1. The number of benzene rings is 1. The second-order valence-corrected chi connectivity index (χ2v) is 5.20. The summed E-state index contributed by atoms with van der Waals surface area (Å²) in [7, 11) is 1.74. The van der Waals surface area contributed by atoms with Gasteiger partial charge in [-0.15, -0.1) is 0 Å². The van der Waals surface area contributed by atoms with Gasteiger partial charge >= 0.3 is 0 Å². The largest absolute Gasteiger partial charge is 0.384 e. The summed E-state index contributed by atoms with van der Waals surface area (Å²) in [6.45, 7) is 0.390. The molecule has 1 heterocycles. The zero-order valence-electron chi connectivity index (χ0n) is 10.1. The number of nitrogen functional groups attached to an aromatic ring is 1. The summed E-state index contributed by atoms with van der Waals surface area (Å²) in [5.41, 5.74) is 7.13. The molecular weight excluding hydrogens is 361 g/mol. The van der Waals surface area contributed by atoms with E-state index < -0.39 is 4.92 Å². The number of nitrogens with one attached hydrogen (secondary N) is 1. The average Bonchev–Trinajstić information content (AvgIpc) is 2.68. The van der Waals surface area contributed by atoms with E-state index in [0.717, 1.165) is 9.13 Å². The molecule has 0 aliphatic carbocycles. The molecule has 0 saturated heterocycles. The van der Waals surface area contributed by atoms with Crippen LogP contribution in [0.1, 0.15) is 5.56 Å². The lowest BCUT2D eigenvalue weighted by molar-refractivity contribution is -0.384. The first-order valence-corrected chi connectivity index (χ1v) is 6.51. The van der Waals surface area contributed by atoms with Crippen LogP contribution in [-0.2, 0) is 13.6 Å². The number of anilines is 2. The number of aryl methyl sites for hydroxylation is 1. The van der Waals surface area contributed by atoms with Crippen LogP contribution in [0.3, 0.4) is 0 Å². The highest BCUT2D eigenvalue weighted by Gasteiger charge is 2.14. The van der Waals surface area contributed by atoms with Crippen LogP contribution in [0.5, 0.6) is 0 Å². The molecule has 0 aliphatic rings. The SMILES string of the molecule is Cn1ncc(CNc2ccc(I)cc2[N+](=O)[O-])c1N. The van der Waals surface area contributed by atoms with Crippen molar-refractivity contribution in [3.8, 4) is 0 Å². The molecule has 2 rings (SSSR count). The fourth-order valence-electron chi connectivity index (χ4n) is 1.62. The summed E-state index contributed by atoms with van der Waals surface area (Å²) in [4.78, 5) is 10.6. The van der Waals surface area contributed by atoms with Gasteiger partial charge in [-0.2, -0.15) is 5.10 Å². The molecule has 7 nitrogen and oxygen atoms in total. The quantitative estimate of drug-likeness (QED) is 0.486. The maximum atomic E-state index is 11.0. The third-order valence-electron chi connectivity index (χ3n) is 2.69. The van der Waals surface area contributed by atoms with Crippen molar-refractivity contribution >= 4 is 39.8 Å². The van der Waals surface area contributed by atoms with Crippen molar-refractivity contribution in [1.82, 2.24) is 9.78 Å². The fourth-order valence-corrected chi connectivity index (χ4v) is 2.10. The zero-order chi connectivity index (χ0) is 14.0. The number of hydrogen-bond acceptors (Lipinski definition) is 5. The van der Waals surface area contributed by atoms with Crippen LogP contribution < -0.4 is 11.1 Å². The van der Waals surface area contributed by atoms with Gasteiger partial charge in [-0.25, -0.2) is 0 Å². The molecule has 2 aromatic rings. The Balaban J connectivity index is 2.20. The van der Waals surface area contributed by atoms with E-state index in [2.05, 4.69) is 10.4 Å². The topological polar surface area (TPSA) is 99.0 Å². The standard InChI is InChI=1S/C11H12IN5O2/c1-16-11(13)7(6-15-16)5-14-9-3-2-8(12)4-10(9)17(18)19/h2-4,6,14H,5,13H2,1H3. The minimum Gasteiger partial charge on any atom is -0.384 e. The lowest BCUT2D eigenvalue weighted by Gasteiger charge is -2.07. The Morgan fingerprint density at radius 3 is 2.89 bits per heavy atom. The molecule has 0 amide bonds. The summed E-state index contributed by atoms with van der Waals surface area (Å²) in [6, 6.07) is 5.02. The molecule has 100 valence electrons. The molecule has 0 spiro atoms. The number of nitro groups is 1. The number of nitrogens with two attached hydrogens (primary N) is 1. The number of hydrogen-bond donors (Lipinski definition) is 2. The van der Waals surface area contributed by atoms with Crippen molar-refractivity contribution in [2.45, 2.75) is 6.54 Å². The maximum absolute atomic E-state index is 11.0. The van der Waals surface area contributed by atoms with Gasteiger partial charge in [0, 0.05) is 28.8 Å². The van der Waals surface area contributed by atoms with E-state index in [1.54, 1.807) is 24.0 Å². The van der Waals surface area contributed by atoms with Gasteiger partial charge in [0.1, 0.15) is 11.5 Å². The van der Waals surface area contributed by atoms with Crippen molar-refractivity contribution in [3.05, 3.63) is 43.6 Å². The first-order chi connectivity index (χ1) is 8.99. The highest BCUT2D eigenvalue weighted by atomic mass is 127. The summed E-state index contributed by atoms with van der Waals surface area (Å²) >= 11 is 2.04. The molecule has 0 bridgehead atoms. The molecule has 0 atom stereocenters. The Kier molecular flexibility index (Phi) is 3.88. The van der Waals surface area contributed by atoms with E-state index in [1.165, 1.54) is 6.07 Å². The lowest BCUT2D eigenvalue weighted by atomic mass is 10.2. The van der Waals surface area contributed by atoms with Crippen LogP contribution in [0.4, 0.5) is 17.2 Å². The average molecular weight is 373 g/mol. The van der Waals surface area contributed by atoms with E-state index in [1.807, 2.05) is 28.7 Å². The van der Waals surface area contributed by atoms with Gasteiger partial charge in [0.05, 0.1) is 11.1 Å². The maximum Gasteiger partial charge on any atom is 0.293 e. The number of halogens is 1. The van der Waals surface area contributed by atoms with Crippen molar-refractivity contribution in [3.63, 3.8) is 0 Å². The van der Waals surface area contributed by atoms with Crippen molar-refractivity contribution in [1.29, 1.82) is 0 Å². The van der Waals surface area contributed by atoms with Crippen molar-refractivity contribution < 1.29 is 4.92 Å². The number of rotatable bonds is 4. The van der Waals surface area contributed by atoms with Crippen LogP contribution in [-0.4, -0.2) is 14.7 Å². The molecule has 0 aliphatic heterocycles. The van der Waals surface area contributed by atoms with Crippen LogP contribution in [0, 0.1) is 13.7 Å². The van der Waals surface area contributed by atoms with Gasteiger partial charge in [0.15, 0.2) is 0 Å². The van der Waals surface area contributed by atoms with E-state index in [0.29, 0.717) is 18.1 Å². The summed E-state index contributed by atoms with van der Waals surface area (Å²) in [5.74, 6) is 0.542. The van der Waals surface area contributed by atoms with Crippen LogP contribution in [0.2, 0.25) is 0 Å². The first kappa shape index (κ1) is 13.6. The van der Waals surface area contributed by atoms with Gasteiger partial charge < -0.3 is 11.1 Å². The fraction of sp³-hybridized carbons (Fsp3) is 0.182. The summed E-state index contributed by atoms with van der Waals surface area (Å²) in [5, 5.41) is 18.0. The van der Waals surface area contributed by atoms with Gasteiger partial charge in [0.2, 0.25) is 0 Å². The minimum atomic E-state index is -0.406. The van der Waals surface area contributed by atoms with Crippen LogP contribution in [0.25, 0.3) is 0 Å². The van der Waals surface area contributed by atoms with E-state index >= 15 is 0 Å². The van der Waals surface area contributed by atoms with Crippen molar-refractivity contribution in [2.24, 2.45) is 7.05 Å². The highest BCUT2D eigenvalue weighted by Crippen LogP contribution is 2.27. The predicted molar refractivity (Wildman–Crippen MR) is 80.8 cm³/mol. The third kappa shape index (κ3) is 2.95. The molecular formula is C11H12IN5O2. The highest BCUT2D eigenvalue weighted by molar-refractivity contribution is 14.1. The molecule has 0 unspecified atom stereocenters. The summed E-state index contributed by atoms with van der Waals surface area (Å²) < 4.78 is 2.37. The van der Waals surface area contributed by atoms with Gasteiger partial charge in [0.25, 0.3) is 5.69 Å². The van der Waals surface area contributed by atoms with Crippen molar-refractivity contribution in [2.75, 3.05) is 11.1 Å².